The molecule has 2 aliphatic rings. The number of amides is 2. The normalized spacial score (nSPS) is 18.1. The van der Waals surface area contributed by atoms with Gasteiger partial charge in [0.15, 0.2) is 0 Å². The van der Waals surface area contributed by atoms with Crippen molar-refractivity contribution in [1.82, 2.24) is 4.90 Å². The largest absolute Gasteiger partial charge is 0.341 e. The van der Waals surface area contributed by atoms with Crippen LogP contribution in [0, 0.1) is 0 Å². The van der Waals surface area contributed by atoms with Crippen molar-refractivity contribution in [3.8, 4) is 0 Å². The smallest absolute Gasteiger partial charge is 0.265 e. The van der Waals surface area contributed by atoms with Crippen molar-refractivity contribution in [1.29, 1.82) is 0 Å². The highest BCUT2D eigenvalue weighted by Gasteiger charge is 2.32. The molecule has 0 aliphatic carbocycles. The molecular formula is C21H19BrN2O2S. The van der Waals surface area contributed by atoms with Crippen molar-refractivity contribution in [2.24, 2.45) is 0 Å². The molecule has 0 saturated carbocycles. The summed E-state index contributed by atoms with van der Waals surface area (Å²) in [6.45, 7) is 1.67. The lowest BCUT2D eigenvalue weighted by Crippen LogP contribution is -2.43. The fourth-order valence-electron chi connectivity index (χ4n) is 3.37. The van der Waals surface area contributed by atoms with Crippen molar-refractivity contribution >= 4 is 51.3 Å². The Balaban J connectivity index is 1.66. The Morgan fingerprint density at radius 1 is 1.11 bits per heavy atom. The van der Waals surface area contributed by atoms with Crippen LogP contribution in [-0.4, -0.2) is 36.3 Å². The number of likely N-dealkylation sites (tertiary alicyclic amines) is 1. The quantitative estimate of drug-likeness (QED) is 0.654. The first-order chi connectivity index (χ1) is 13.1. The lowest BCUT2D eigenvalue weighted by Gasteiger charge is -2.31. The molecule has 2 aromatic carbocycles. The summed E-state index contributed by atoms with van der Waals surface area (Å²) in [7, 11) is 0. The Kier molecular flexibility index (Phi) is 5.36. The molecule has 2 aliphatic heterocycles. The summed E-state index contributed by atoms with van der Waals surface area (Å²) in [6.07, 6.45) is 3.97. The van der Waals surface area contributed by atoms with E-state index >= 15 is 0 Å². The number of para-hydroxylation sites is 1. The van der Waals surface area contributed by atoms with Gasteiger partial charge in [-0.25, -0.2) is 0 Å². The minimum absolute atomic E-state index is 0.0179. The zero-order valence-electron chi connectivity index (χ0n) is 14.7. The van der Waals surface area contributed by atoms with Crippen LogP contribution < -0.4 is 4.90 Å². The van der Waals surface area contributed by atoms with Gasteiger partial charge >= 0.3 is 0 Å². The predicted octanol–water partition coefficient (Wildman–Crippen LogP) is 4.55. The van der Waals surface area contributed by atoms with Crippen molar-refractivity contribution in [3.05, 3.63) is 63.5 Å². The van der Waals surface area contributed by atoms with E-state index in [4.69, 9.17) is 0 Å². The van der Waals surface area contributed by atoms with E-state index in [-0.39, 0.29) is 18.4 Å². The van der Waals surface area contributed by atoms with Gasteiger partial charge in [-0.15, -0.1) is 0 Å². The van der Waals surface area contributed by atoms with E-state index < -0.39 is 0 Å². The average molecular weight is 443 g/mol. The van der Waals surface area contributed by atoms with Crippen LogP contribution in [-0.2, 0) is 9.59 Å². The van der Waals surface area contributed by atoms with Crippen LogP contribution in [0.25, 0.3) is 6.08 Å². The van der Waals surface area contributed by atoms with E-state index in [1.165, 1.54) is 11.8 Å². The third-order valence-corrected chi connectivity index (χ3v) is 6.30. The minimum atomic E-state index is -0.119. The third-order valence-electron chi connectivity index (χ3n) is 4.73. The van der Waals surface area contributed by atoms with Crippen LogP contribution in [0.4, 0.5) is 5.69 Å². The number of benzene rings is 2. The molecule has 0 radical (unpaired) electrons. The summed E-state index contributed by atoms with van der Waals surface area (Å²) in [6, 6.07) is 15.6. The Labute approximate surface area is 171 Å². The molecular weight excluding hydrogens is 424 g/mol. The number of carbonyl (C=O) groups excluding carboxylic acids is 2. The average Bonchev–Trinajstić information content (AvgIpc) is 3.20. The highest BCUT2D eigenvalue weighted by atomic mass is 79.9. The zero-order chi connectivity index (χ0) is 18.8. The highest BCUT2D eigenvalue weighted by Crippen LogP contribution is 2.42. The van der Waals surface area contributed by atoms with Gasteiger partial charge in [-0.05, 0) is 48.7 Å². The molecule has 4 nitrogen and oxygen atoms in total. The van der Waals surface area contributed by atoms with Crippen LogP contribution >= 0.6 is 27.7 Å². The van der Waals surface area contributed by atoms with Crippen molar-refractivity contribution in [3.63, 3.8) is 0 Å². The number of hydrogen-bond acceptors (Lipinski definition) is 3. The maximum atomic E-state index is 13.2. The summed E-state index contributed by atoms with van der Waals surface area (Å²) in [5.41, 5.74) is 1.76. The molecule has 2 aromatic rings. The van der Waals surface area contributed by atoms with E-state index in [2.05, 4.69) is 15.9 Å². The first kappa shape index (κ1) is 18.3. The molecule has 0 spiro atoms. The lowest BCUT2D eigenvalue weighted by atomic mass is 10.2. The second kappa shape index (κ2) is 7.90. The summed E-state index contributed by atoms with van der Waals surface area (Å²) in [5, 5.41) is 0. The van der Waals surface area contributed by atoms with Crippen LogP contribution in [0.15, 0.2) is 62.8 Å². The first-order valence-electron chi connectivity index (χ1n) is 8.95. The predicted molar refractivity (Wildman–Crippen MR) is 113 cm³/mol. The maximum absolute atomic E-state index is 13.2. The summed E-state index contributed by atoms with van der Waals surface area (Å²) in [4.78, 5) is 31.0. The molecule has 1 fully saturated rings. The van der Waals surface area contributed by atoms with Crippen LogP contribution in [0.2, 0.25) is 0 Å². The van der Waals surface area contributed by atoms with Gasteiger partial charge in [0, 0.05) is 22.5 Å². The Morgan fingerprint density at radius 2 is 1.89 bits per heavy atom. The van der Waals surface area contributed by atoms with Gasteiger partial charge in [0.25, 0.3) is 5.91 Å². The zero-order valence-corrected chi connectivity index (χ0v) is 17.1. The molecule has 0 N–H and O–H groups in total. The van der Waals surface area contributed by atoms with E-state index in [1.807, 2.05) is 59.5 Å². The fraction of sp³-hybridized carbons (Fsp3) is 0.238. The molecule has 27 heavy (non-hydrogen) atoms. The number of fused-ring (bicyclic) bond motifs is 1. The van der Waals surface area contributed by atoms with Gasteiger partial charge < -0.3 is 4.90 Å². The fourth-order valence-corrected chi connectivity index (χ4v) is 4.84. The Hall–Kier alpha value is -2.05. The van der Waals surface area contributed by atoms with E-state index in [0.717, 1.165) is 46.6 Å². The van der Waals surface area contributed by atoms with Crippen LogP contribution in [0.3, 0.4) is 0 Å². The van der Waals surface area contributed by atoms with Crippen molar-refractivity contribution < 1.29 is 9.59 Å². The number of halogens is 1. The van der Waals surface area contributed by atoms with Crippen molar-refractivity contribution in [2.45, 2.75) is 17.7 Å². The summed E-state index contributed by atoms with van der Waals surface area (Å²) >= 11 is 4.93. The molecule has 0 unspecified atom stereocenters. The molecule has 0 bridgehead atoms. The molecule has 0 aromatic heterocycles. The van der Waals surface area contributed by atoms with Gasteiger partial charge in [0.2, 0.25) is 5.91 Å². The molecule has 6 heteroatoms. The topological polar surface area (TPSA) is 40.6 Å². The van der Waals surface area contributed by atoms with E-state index in [0.29, 0.717) is 4.91 Å². The van der Waals surface area contributed by atoms with Gasteiger partial charge in [0.05, 0.1) is 10.6 Å². The SMILES string of the molecule is O=C(CN1C(=O)C(=Cc2cccc(Br)c2)Sc2ccccc21)N1CCCC1. The van der Waals surface area contributed by atoms with Gasteiger partial charge in [-0.3, -0.25) is 14.5 Å². The molecule has 1 saturated heterocycles. The standard InChI is InChI=1S/C21H19BrN2O2S/c22-16-7-5-6-15(12-16)13-19-21(26)24(14-20(25)23-10-3-4-11-23)17-8-1-2-9-18(17)27-19/h1-2,5-9,12-13H,3-4,10-11,14H2. The van der Waals surface area contributed by atoms with E-state index in [9.17, 15) is 9.59 Å². The number of carbonyl (C=O) groups is 2. The summed E-state index contributed by atoms with van der Waals surface area (Å²) in [5.74, 6) is -0.101. The Bertz CT molecular complexity index is 922. The monoisotopic (exact) mass is 442 g/mol. The lowest BCUT2D eigenvalue weighted by molar-refractivity contribution is -0.130. The highest BCUT2D eigenvalue weighted by molar-refractivity contribution is 9.10. The molecule has 4 rings (SSSR count). The number of anilines is 1. The number of hydrogen-bond donors (Lipinski definition) is 0. The minimum Gasteiger partial charge on any atom is -0.341 e. The third kappa shape index (κ3) is 3.96. The molecule has 0 atom stereocenters. The van der Waals surface area contributed by atoms with Crippen LogP contribution in [0.5, 0.6) is 0 Å². The second-order valence-electron chi connectivity index (χ2n) is 6.61. The van der Waals surface area contributed by atoms with Gasteiger partial charge in [-0.2, -0.15) is 0 Å². The molecule has 2 heterocycles. The van der Waals surface area contributed by atoms with E-state index in [1.54, 1.807) is 4.90 Å². The van der Waals surface area contributed by atoms with Gasteiger partial charge in [0.1, 0.15) is 6.54 Å². The summed E-state index contributed by atoms with van der Waals surface area (Å²) < 4.78 is 0.964. The number of nitrogens with zero attached hydrogens (tertiary/aromatic N) is 2. The van der Waals surface area contributed by atoms with Gasteiger partial charge in [-0.1, -0.05) is 52.0 Å². The maximum Gasteiger partial charge on any atom is 0.265 e. The van der Waals surface area contributed by atoms with Crippen LogP contribution in [0.1, 0.15) is 18.4 Å². The number of thioether (sulfide) groups is 1. The first-order valence-corrected chi connectivity index (χ1v) is 10.6. The second-order valence-corrected chi connectivity index (χ2v) is 8.61. The molecule has 138 valence electrons. The molecule has 2 amide bonds. The number of rotatable bonds is 3. The Morgan fingerprint density at radius 3 is 2.67 bits per heavy atom. The van der Waals surface area contributed by atoms with Crippen molar-refractivity contribution in [2.75, 3.05) is 24.5 Å².